The van der Waals surface area contributed by atoms with Crippen molar-refractivity contribution >= 4 is 11.9 Å². The standard InChI is InChI=1S/2C15H22O3.Cr.2H2O/c2*1-14(2,3)9-7-10(13(17)18)12(16)11(8-9)15(4,5)6;;;/h2*7-8,16H,1-6H3,(H,17,18);;2*1H2/p+1. The van der Waals surface area contributed by atoms with E-state index in [4.69, 9.17) is 0 Å². The molecule has 0 aliphatic carbocycles. The van der Waals surface area contributed by atoms with Gasteiger partial charge in [-0.3, -0.25) is 0 Å². The molecule has 2 aromatic rings. The van der Waals surface area contributed by atoms with Gasteiger partial charge >= 0.3 is 13.4 Å². The molecule has 222 valence electrons. The zero-order chi connectivity index (χ0) is 28.6. The maximum Gasteiger partial charge on any atom is 1.00 e. The second-order valence-electron chi connectivity index (χ2n) is 13.5. The number of phenols is 2. The fraction of sp³-hybridized carbons (Fsp3) is 0.533. The summed E-state index contributed by atoms with van der Waals surface area (Å²) in [7, 11) is 0. The van der Waals surface area contributed by atoms with Gasteiger partial charge in [0, 0.05) is 28.5 Å². The Morgan fingerprint density at radius 1 is 0.538 bits per heavy atom. The maximum atomic E-state index is 11.2. The maximum absolute atomic E-state index is 11.2. The zero-order valence-corrected chi connectivity index (χ0v) is 26.6. The van der Waals surface area contributed by atoms with E-state index in [1.165, 1.54) is 0 Å². The summed E-state index contributed by atoms with van der Waals surface area (Å²) in [5, 5.41) is 38.6. The summed E-state index contributed by atoms with van der Waals surface area (Å²) in [6.45, 7) is 23.9. The first-order valence-electron chi connectivity index (χ1n) is 12.1. The van der Waals surface area contributed by atoms with E-state index < -0.39 is 11.9 Å². The Bertz CT molecular complexity index is 1060. The van der Waals surface area contributed by atoms with Crippen molar-refractivity contribution in [2.75, 3.05) is 0 Å². The fourth-order valence-electron chi connectivity index (χ4n) is 3.60. The van der Waals surface area contributed by atoms with Crippen LogP contribution >= 0.6 is 0 Å². The Balaban J connectivity index is -0.000000295. The van der Waals surface area contributed by atoms with Crippen LogP contribution in [0, 0.1) is 0 Å². The van der Waals surface area contributed by atoms with Crippen LogP contribution in [-0.4, -0.2) is 43.3 Å². The van der Waals surface area contributed by atoms with Gasteiger partial charge in [-0.15, -0.1) is 0 Å². The third-order valence-electron chi connectivity index (χ3n) is 6.03. The summed E-state index contributed by atoms with van der Waals surface area (Å²) in [6.07, 6.45) is 0. The van der Waals surface area contributed by atoms with Crippen molar-refractivity contribution in [2.24, 2.45) is 0 Å². The first-order valence-corrected chi connectivity index (χ1v) is 12.1. The van der Waals surface area contributed by atoms with E-state index in [-0.39, 0.29) is 74.0 Å². The molecule has 9 heteroatoms. The number of carboxylic acids is 2. The quantitative estimate of drug-likeness (QED) is 0.342. The van der Waals surface area contributed by atoms with E-state index in [0.29, 0.717) is 11.1 Å². The molecule has 0 radical (unpaired) electrons. The number of rotatable bonds is 2. The number of carboxylic acid groups (broad SMARTS) is 2. The van der Waals surface area contributed by atoms with Gasteiger partial charge in [0.15, 0.2) is 0 Å². The van der Waals surface area contributed by atoms with Gasteiger partial charge in [-0.2, -0.15) is 0 Å². The summed E-state index contributed by atoms with van der Waals surface area (Å²) in [4.78, 5) is 22.4. The molecule has 0 saturated heterocycles. The monoisotopic (exact) mass is 589 g/mol. The summed E-state index contributed by atoms with van der Waals surface area (Å²) in [6, 6.07) is 6.93. The molecule has 0 aromatic heterocycles. The number of aromatic carboxylic acids is 2. The summed E-state index contributed by atoms with van der Waals surface area (Å²) in [5.41, 5.74) is 2.24. The van der Waals surface area contributed by atoms with E-state index in [2.05, 4.69) is 0 Å². The van der Waals surface area contributed by atoms with Gasteiger partial charge in [-0.25, -0.2) is 9.59 Å². The van der Waals surface area contributed by atoms with Crippen molar-refractivity contribution in [1.29, 1.82) is 0 Å². The third-order valence-corrected chi connectivity index (χ3v) is 6.03. The summed E-state index contributed by atoms with van der Waals surface area (Å²) in [5.74, 6) is -2.43. The minimum atomic E-state index is -1.09. The molecule has 2 rings (SSSR count). The summed E-state index contributed by atoms with van der Waals surface area (Å²) >= 11 is 0. The zero-order valence-electron chi connectivity index (χ0n) is 26.3. The Morgan fingerprint density at radius 3 is 0.923 bits per heavy atom. The second kappa shape index (κ2) is 13.7. The number of aromatic hydroxyl groups is 2. The Morgan fingerprint density at radius 2 is 0.769 bits per heavy atom. The van der Waals surface area contributed by atoms with Crippen molar-refractivity contribution in [1.82, 2.24) is 0 Å². The normalized spacial score (nSPS) is 11.6. The van der Waals surface area contributed by atoms with E-state index in [9.17, 15) is 30.0 Å². The molecule has 0 heterocycles. The van der Waals surface area contributed by atoms with Crippen molar-refractivity contribution in [3.05, 3.63) is 57.6 Å². The summed E-state index contributed by atoms with van der Waals surface area (Å²) < 4.78 is 0. The minimum Gasteiger partial charge on any atom is -0.507 e. The number of carbonyl (C=O) groups is 2. The van der Waals surface area contributed by atoms with E-state index in [1.807, 2.05) is 95.2 Å². The first-order chi connectivity index (χ1) is 15.9. The number of benzene rings is 2. The van der Waals surface area contributed by atoms with Gasteiger partial charge in [0.1, 0.15) is 22.6 Å². The van der Waals surface area contributed by atoms with Gasteiger partial charge < -0.3 is 31.4 Å². The van der Waals surface area contributed by atoms with Gasteiger partial charge in [0.2, 0.25) is 0 Å². The predicted octanol–water partition coefficient (Wildman–Crippen LogP) is 5.83. The van der Waals surface area contributed by atoms with Crippen LogP contribution in [-0.2, 0) is 39.0 Å². The van der Waals surface area contributed by atoms with Crippen LogP contribution in [0.2, 0.25) is 0 Å². The van der Waals surface area contributed by atoms with Crippen LogP contribution in [0.1, 0.15) is 127 Å². The van der Waals surface area contributed by atoms with E-state index in [1.54, 1.807) is 12.1 Å². The average Bonchev–Trinajstić information content (AvgIpc) is 2.64. The molecule has 0 saturated carbocycles. The average molecular weight is 590 g/mol. The molecular formula is C30H49CrO8+. The number of hydrogen-bond donors (Lipinski definition) is 4. The minimum absolute atomic E-state index is 0. The molecule has 8 N–H and O–H groups in total. The Kier molecular flexibility index (Phi) is 14.3. The van der Waals surface area contributed by atoms with Crippen LogP contribution < -0.4 is 0 Å². The molecule has 0 fully saturated rings. The Labute approximate surface area is 245 Å². The van der Waals surface area contributed by atoms with Crippen LogP contribution in [0.5, 0.6) is 11.5 Å². The predicted molar refractivity (Wildman–Crippen MR) is 153 cm³/mol. The van der Waals surface area contributed by atoms with Crippen molar-refractivity contribution in [2.45, 2.75) is 105 Å². The number of hydrogen-bond acceptors (Lipinski definition) is 4. The molecule has 0 amide bonds. The smallest absolute Gasteiger partial charge is 0.507 e. The molecule has 2 aromatic carbocycles. The van der Waals surface area contributed by atoms with Gasteiger partial charge in [0.05, 0.1) is 0 Å². The van der Waals surface area contributed by atoms with Gasteiger partial charge in [0.25, 0.3) is 0 Å². The second-order valence-corrected chi connectivity index (χ2v) is 13.5. The molecule has 0 aliphatic rings. The van der Waals surface area contributed by atoms with Crippen molar-refractivity contribution in [3.63, 3.8) is 0 Å². The molecule has 0 spiro atoms. The molecule has 0 unspecified atom stereocenters. The molecule has 39 heavy (non-hydrogen) atoms. The molecular weight excluding hydrogens is 540 g/mol. The van der Waals surface area contributed by atoms with Crippen molar-refractivity contribution in [3.8, 4) is 11.5 Å². The van der Waals surface area contributed by atoms with Gasteiger partial charge in [-0.1, -0.05) is 95.2 Å². The van der Waals surface area contributed by atoms with Crippen LogP contribution in [0.25, 0.3) is 0 Å². The topological polar surface area (TPSA) is 178 Å². The molecule has 8 nitrogen and oxygen atoms in total. The van der Waals surface area contributed by atoms with Crippen LogP contribution in [0.3, 0.4) is 0 Å². The SMILES string of the molecule is CC(C)(C)c1cc(C(=O)O)c(O)c(C(C)(C)C)c1.CC(C)(C)c1cc(C(=O)O)c(O)c(C(C)(C)C)c1.O.O.[Cr].[H+]. The molecule has 0 aliphatic heterocycles. The molecule has 0 atom stereocenters. The van der Waals surface area contributed by atoms with Crippen LogP contribution in [0.15, 0.2) is 24.3 Å². The van der Waals surface area contributed by atoms with Crippen molar-refractivity contribution < 1.29 is 59.8 Å². The first kappa shape index (κ1) is 40.9. The molecule has 0 bridgehead atoms. The van der Waals surface area contributed by atoms with E-state index in [0.717, 1.165) is 11.1 Å². The van der Waals surface area contributed by atoms with E-state index >= 15 is 0 Å². The van der Waals surface area contributed by atoms with Gasteiger partial charge in [-0.05, 0) is 44.9 Å². The van der Waals surface area contributed by atoms with Crippen LogP contribution in [0.4, 0.5) is 0 Å². The largest absolute Gasteiger partial charge is 1.00 e. The Hall–Kier alpha value is -2.57. The third kappa shape index (κ3) is 10.5. The fourth-order valence-corrected chi connectivity index (χ4v) is 3.60.